The topological polar surface area (TPSA) is 59.2 Å². The van der Waals surface area contributed by atoms with Gasteiger partial charge in [0.1, 0.15) is 0 Å². The zero-order chi connectivity index (χ0) is 18.5. The van der Waals surface area contributed by atoms with E-state index in [4.69, 9.17) is 4.42 Å². The van der Waals surface area contributed by atoms with Crippen molar-refractivity contribution in [2.24, 2.45) is 0 Å². The van der Waals surface area contributed by atoms with Gasteiger partial charge in [0, 0.05) is 30.5 Å². The molecule has 0 spiro atoms. The van der Waals surface area contributed by atoms with Crippen LogP contribution in [0.3, 0.4) is 0 Å². The van der Waals surface area contributed by atoms with E-state index in [1.54, 1.807) is 11.3 Å². The lowest BCUT2D eigenvalue weighted by Gasteiger charge is -2.31. The number of thiophene rings is 1. The van der Waals surface area contributed by atoms with Gasteiger partial charge in [0.05, 0.1) is 5.92 Å². The molecule has 5 nitrogen and oxygen atoms in total. The second-order valence-electron chi connectivity index (χ2n) is 6.98. The Balaban J connectivity index is 1.32. The molecular weight excluding hydrogens is 358 g/mol. The van der Waals surface area contributed by atoms with Crippen molar-refractivity contribution in [1.29, 1.82) is 0 Å². The van der Waals surface area contributed by atoms with E-state index in [2.05, 4.69) is 22.3 Å². The highest BCUT2D eigenvalue weighted by Crippen LogP contribution is 2.29. The summed E-state index contributed by atoms with van der Waals surface area (Å²) < 4.78 is 5.88. The fourth-order valence-electron chi connectivity index (χ4n) is 3.55. The molecule has 1 atom stereocenters. The summed E-state index contributed by atoms with van der Waals surface area (Å²) in [7, 11) is 0. The molecule has 1 unspecified atom stereocenters. The summed E-state index contributed by atoms with van der Waals surface area (Å²) in [5.74, 6) is 1.58. The summed E-state index contributed by atoms with van der Waals surface area (Å²) in [5, 5.41) is 12.4. The maximum atomic E-state index is 12.6. The molecule has 1 aliphatic heterocycles. The van der Waals surface area contributed by atoms with Gasteiger partial charge in [-0.15, -0.1) is 10.2 Å². The molecule has 6 heteroatoms. The van der Waals surface area contributed by atoms with E-state index in [1.807, 2.05) is 39.9 Å². The molecule has 1 amide bonds. The number of amides is 1. The van der Waals surface area contributed by atoms with Crippen molar-refractivity contribution < 1.29 is 9.21 Å². The standard InChI is InChI=1S/C21H23N3O2S/c25-19(10-4-8-16-6-2-1-3-7-16)24-12-5-9-17(14-24)20-22-23-21(26-20)18-11-13-27-15-18/h1-3,6-7,11,13,15,17H,4-5,8-10,12,14H2. The summed E-state index contributed by atoms with van der Waals surface area (Å²) in [4.78, 5) is 14.6. The van der Waals surface area contributed by atoms with Gasteiger partial charge in [-0.3, -0.25) is 4.79 Å². The Morgan fingerprint density at radius 1 is 1.22 bits per heavy atom. The third-order valence-corrected chi connectivity index (χ3v) is 5.71. The normalized spacial score (nSPS) is 17.2. The van der Waals surface area contributed by atoms with E-state index < -0.39 is 0 Å². The Morgan fingerprint density at radius 2 is 2.11 bits per heavy atom. The minimum Gasteiger partial charge on any atom is -0.420 e. The molecule has 0 radical (unpaired) electrons. The number of aromatic nitrogens is 2. The maximum absolute atomic E-state index is 12.6. The molecule has 3 heterocycles. The van der Waals surface area contributed by atoms with Crippen LogP contribution in [0.5, 0.6) is 0 Å². The number of hydrogen-bond acceptors (Lipinski definition) is 5. The summed E-state index contributed by atoms with van der Waals surface area (Å²) in [6, 6.07) is 12.3. The average Bonchev–Trinajstić information content (AvgIpc) is 3.40. The van der Waals surface area contributed by atoms with Crippen LogP contribution in [0.4, 0.5) is 0 Å². The van der Waals surface area contributed by atoms with E-state index in [1.165, 1.54) is 5.56 Å². The first kappa shape index (κ1) is 17.9. The molecule has 0 saturated carbocycles. The number of hydrogen-bond donors (Lipinski definition) is 0. The second kappa shape index (κ2) is 8.48. The number of likely N-dealkylation sites (tertiary alicyclic amines) is 1. The summed E-state index contributed by atoms with van der Waals surface area (Å²) in [5.41, 5.74) is 2.25. The van der Waals surface area contributed by atoms with Crippen LogP contribution in [-0.4, -0.2) is 34.1 Å². The quantitative estimate of drug-likeness (QED) is 0.629. The lowest BCUT2D eigenvalue weighted by molar-refractivity contribution is -0.132. The van der Waals surface area contributed by atoms with Crippen LogP contribution in [0.1, 0.15) is 43.1 Å². The van der Waals surface area contributed by atoms with Crippen molar-refractivity contribution in [3.63, 3.8) is 0 Å². The van der Waals surface area contributed by atoms with Crippen molar-refractivity contribution in [2.45, 2.75) is 38.0 Å². The van der Waals surface area contributed by atoms with Crippen LogP contribution in [0.25, 0.3) is 11.5 Å². The summed E-state index contributed by atoms with van der Waals surface area (Å²) in [6.07, 6.45) is 4.38. The van der Waals surface area contributed by atoms with Crippen molar-refractivity contribution in [2.75, 3.05) is 13.1 Å². The monoisotopic (exact) mass is 381 g/mol. The van der Waals surface area contributed by atoms with Crippen LogP contribution in [-0.2, 0) is 11.2 Å². The van der Waals surface area contributed by atoms with Crippen LogP contribution < -0.4 is 0 Å². The molecule has 2 aromatic heterocycles. The van der Waals surface area contributed by atoms with Crippen LogP contribution in [0.15, 0.2) is 51.6 Å². The third kappa shape index (κ3) is 4.45. The molecule has 0 bridgehead atoms. The van der Waals surface area contributed by atoms with Crippen molar-refractivity contribution in [3.05, 3.63) is 58.6 Å². The molecule has 140 valence electrons. The number of nitrogens with zero attached hydrogens (tertiary/aromatic N) is 3. The summed E-state index contributed by atoms with van der Waals surface area (Å²) >= 11 is 1.61. The van der Waals surface area contributed by atoms with Gasteiger partial charge in [-0.05, 0) is 42.7 Å². The molecule has 0 N–H and O–H groups in total. The van der Waals surface area contributed by atoms with Gasteiger partial charge in [0.2, 0.25) is 17.7 Å². The fourth-order valence-corrected chi connectivity index (χ4v) is 4.18. The lowest BCUT2D eigenvalue weighted by Crippen LogP contribution is -2.39. The van der Waals surface area contributed by atoms with E-state index in [0.29, 0.717) is 24.7 Å². The van der Waals surface area contributed by atoms with Gasteiger partial charge in [-0.2, -0.15) is 11.3 Å². The highest BCUT2D eigenvalue weighted by atomic mass is 32.1. The van der Waals surface area contributed by atoms with Crippen molar-refractivity contribution in [1.82, 2.24) is 15.1 Å². The Bertz CT molecular complexity index is 861. The zero-order valence-corrected chi connectivity index (χ0v) is 16.0. The smallest absolute Gasteiger partial charge is 0.248 e. The van der Waals surface area contributed by atoms with Gasteiger partial charge in [-0.25, -0.2) is 0 Å². The van der Waals surface area contributed by atoms with E-state index in [0.717, 1.165) is 37.8 Å². The minimum absolute atomic E-state index is 0.136. The number of aryl methyl sites for hydroxylation is 1. The average molecular weight is 382 g/mol. The van der Waals surface area contributed by atoms with Gasteiger partial charge >= 0.3 is 0 Å². The van der Waals surface area contributed by atoms with E-state index in [-0.39, 0.29) is 11.8 Å². The number of carbonyl (C=O) groups is 1. The largest absolute Gasteiger partial charge is 0.420 e. The first-order chi connectivity index (χ1) is 13.3. The molecular formula is C21H23N3O2S. The predicted molar refractivity (Wildman–Crippen MR) is 106 cm³/mol. The molecule has 1 aromatic carbocycles. The molecule has 1 aliphatic rings. The van der Waals surface area contributed by atoms with Crippen LogP contribution in [0, 0.1) is 0 Å². The molecule has 1 saturated heterocycles. The predicted octanol–water partition coefficient (Wildman–Crippen LogP) is 4.53. The zero-order valence-electron chi connectivity index (χ0n) is 15.2. The van der Waals surface area contributed by atoms with Crippen LogP contribution >= 0.6 is 11.3 Å². The van der Waals surface area contributed by atoms with Crippen LogP contribution in [0.2, 0.25) is 0 Å². The first-order valence-corrected chi connectivity index (χ1v) is 10.4. The summed E-state index contributed by atoms with van der Waals surface area (Å²) in [6.45, 7) is 1.50. The first-order valence-electron chi connectivity index (χ1n) is 9.47. The Morgan fingerprint density at radius 3 is 2.93 bits per heavy atom. The second-order valence-corrected chi connectivity index (χ2v) is 7.76. The molecule has 4 rings (SSSR count). The highest BCUT2D eigenvalue weighted by molar-refractivity contribution is 7.08. The Kier molecular flexibility index (Phi) is 5.63. The molecule has 0 aliphatic carbocycles. The highest BCUT2D eigenvalue weighted by Gasteiger charge is 2.28. The van der Waals surface area contributed by atoms with Crippen molar-refractivity contribution >= 4 is 17.2 Å². The molecule has 3 aromatic rings. The van der Waals surface area contributed by atoms with Gasteiger partial charge in [0.15, 0.2) is 0 Å². The third-order valence-electron chi connectivity index (χ3n) is 5.03. The minimum atomic E-state index is 0.136. The maximum Gasteiger partial charge on any atom is 0.248 e. The van der Waals surface area contributed by atoms with Gasteiger partial charge < -0.3 is 9.32 Å². The van der Waals surface area contributed by atoms with E-state index >= 15 is 0 Å². The Labute approximate surface area is 163 Å². The molecule has 27 heavy (non-hydrogen) atoms. The Hall–Kier alpha value is -2.47. The van der Waals surface area contributed by atoms with Gasteiger partial charge in [-0.1, -0.05) is 30.3 Å². The van der Waals surface area contributed by atoms with E-state index in [9.17, 15) is 4.79 Å². The number of rotatable bonds is 6. The number of benzene rings is 1. The number of piperidine rings is 1. The molecule has 1 fully saturated rings. The fraction of sp³-hybridized carbons (Fsp3) is 0.381. The SMILES string of the molecule is O=C(CCCc1ccccc1)N1CCCC(c2nnc(-c3ccsc3)o2)C1. The van der Waals surface area contributed by atoms with Crippen molar-refractivity contribution in [3.8, 4) is 11.5 Å². The van der Waals surface area contributed by atoms with Gasteiger partial charge in [0.25, 0.3) is 0 Å². The lowest BCUT2D eigenvalue weighted by atomic mass is 9.97. The number of carbonyl (C=O) groups excluding carboxylic acids is 1.